The minimum Gasteiger partial charge on any atom is -0.330 e. The molecule has 2 atom stereocenters. The van der Waals surface area contributed by atoms with Gasteiger partial charge in [0.25, 0.3) is 0 Å². The van der Waals surface area contributed by atoms with Crippen LogP contribution in [0.4, 0.5) is 0 Å². The monoisotopic (exact) mass is 144 g/mol. The van der Waals surface area contributed by atoms with Crippen LogP contribution in [0.15, 0.2) is 0 Å². The molecule has 0 fully saturated rings. The van der Waals surface area contributed by atoms with Crippen LogP contribution in [0.5, 0.6) is 0 Å². The number of rotatable bonds is 5. The topological polar surface area (TPSA) is 52.0 Å². The average Bonchev–Trinajstić information content (AvgIpc) is 1.86. The molecule has 0 radical (unpaired) electrons. The van der Waals surface area contributed by atoms with Gasteiger partial charge >= 0.3 is 0 Å². The number of nitrogens with two attached hydrogens (primary N) is 2. The number of hydrogen-bond donors (Lipinski definition) is 2. The summed E-state index contributed by atoms with van der Waals surface area (Å²) in [5.74, 6) is 0.644. The van der Waals surface area contributed by atoms with Crippen molar-refractivity contribution in [2.24, 2.45) is 17.4 Å². The molecule has 62 valence electrons. The van der Waals surface area contributed by atoms with Gasteiger partial charge in [-0.25, -0.2) is 0 Å². The molecule has 2 nitrogen and oxygen atoms in total. The maximum absolute atomic E-state index is 5.64. The Labute approximate surface area is 64.0 Å². The first-order valence-corrected chi connectivity index (χ1v) is 4.16. The molecule has 0 amide bonds. The summed E-state index contributed by atoms with van der Waals surface area (Å²) in [7, 11) is 0. The molecule has 2 unspecified atom stereocenters. The third-order valence-corrected chi connectivity index (χ3v) is 1.74. The zero-order valence-corrected chi connectivity index (χ0v) is 7.14. The predicted molar refractivity (Wildman–Crippen MR) is 45.7 cm³/mol. The third kappa shape index (κ3) is 4.77. The van der Waals surface area contributed by atoms with E-state index in [1.807, 2.05) is 6.92 Å². The Morgan fingerprint density at radius 3 is 2.30 bits per heavy atom. The molecule has 0 aliphatic rings. The van der Waals surface area contributed by atoms with Gasteiger partial charge in [-0.05, 0) is 32.2 Å². The van der Waals surface area contributed by atoms with Gasteiger partial charge in [-0.15, -0.1) is 0 Å². The fraction of sp³-hybridized carbons (Fsp3) is 1.00. The van der Waals surface area contributed by atoms with E-state index in [0.29, 0.717) is 12.0 Å². The Morgan fingerprint density at radius 2 is 2.00 bits per heavy atom. The highest BCUT2D eigenvalue weighted by molar-refractivity contribution is 4.64. The second-order valence-corrected chi connectivity index (χ2v) is 3.10. The van der Waals surface area contributed by atoms with Gasteiger partial charge in [0, 0.05) is 6.04 Å². The quantitative estimate of drug-likeness (QED) is 0.607. The van der Waals surface area contributed by atoms with E-state index in [4.69, 9.17) is 11.5 Å². The summed E-state index contributed by atoms with van der Waals surface area (Å²) in [4.78, 5) is 0. The zero-order chi connectivity index (χ0) is 7.98. The Hall–Kier alpha value is -0.0800. The van der Waals surface area contributed by atoms with Gasteiger partial charge in [0.15, 0.2) is 0 Å². The molecule has 4 N–H and O–H groups in total. The van der Waals surface area contributed by atoms with E-state index in [1.165, 1.54) is 12.8 Å². The third-order valence-electron chi connectivity index (χ3n) is 1.74. The van der Waals surface area contributed by atoms with Crippen LogP contribution in [0.2, 0.25) is 0 Å². The maximum Gasteiger partial charge on any atom is 0.00135 e. The first-order chi connectivity index (χ1) is 4.70. The van der Waals surface area contributed by atoms with E-state index in [9.17, 15) is 0 Å². The van der Waals surface area contributed by atoms with Crippen molar-refractivity contribution in [3.05, 3.63) is 0 Å². The van der Waals surface area contributed by atoms with E-state index >= 15 is 0 Å². The van der Waals surface area contributed by atoms with Crippen LogP contribution in [0.1, 0.15) is 33.1 Å². The van der Waals surface area contributed by atoms with Gasteiger partial charge in [-0.3, -0.25) is 0 Å². The summed E-state index contributed by atoms with van der Waals surface area (Å²) in [6, 6.07) is 0.306. The van der Waals surface area contributed by atoms with Crippen LogP contribution in [-0.2, 0) is 0 Å². The summed E-state index contributed by atoms with van der Waals surface area (Å²) in [6.07, 6.45) is 3.51. The van der Waals surface area contributed by atoms with Gasteiger partial charge < -0.3 is 11.5 Å². The molecule has 0 aromatic rings. The SMILES string of the molecule is CCCC(CN)CC(C)N. The van der Waals surface area contributed by atoms with Gasteiger partial charge in [0.1, 0.15) is 0 Å². The Kier molecular flexibility index (Phi) is 5.64. The van der Waals surface area contributed by atoms with Gasteiger partial charge in [0.05, 0.1) is 0 Å². The van der Waals surface area contributed by atoms with E-state index in [-0.39, 0.29) is 0 Å². The minimum atomic E-state index is 0.306. The lowest BCUT2D eigenvalue weighted by atomic mass is 9.97. The first kappa shape index (κ1) is 9.92. The molecule has 0 aliphatic heterocycles. The molecule has 0 aliphatic carbocycles. The van der Waals surface area contributed by atoms with Crippen LogP contribution in [0.25, 0.3) is 0 Å². The van der Waals surface area contributed by atoms with Crippen molar-refractivity contribution in [3.63, 3.8) is 0 Å². The van der Waals surface area contributed by atoms with E-state index in [0.717, 1.165) is 13.0 Å². The van der Waals surface area contributed by atoms with Gasteiger partial charge in [-0.1, -0.05) is 13.3 Å². The highest BCUT2D eigenvalue weighted by Gasteiger charge is 2.06. The van der Waals surface area contributed by atoms with Crippen molar-refractivity contribution in [2.75, 3.05) is 6.54 Å². The predicted octanol–water partition coefficient (Wildman–Crippen LogP) is 1.10. The fourth-order valence-electron chi connectivity index (χ4n) is 1.27. The molecule has 0 aromatic carbocycles. The van der Waals surface area contributed by atoms with E-state index in [2.05, 4.69) is 6.92 Å². The Bertz CT molecular complexity index is 71.7. The van der Waals surface area contributed by atoms with Crippen molar-refractivity contribution < 1.29 is 0 Å². The van der Waals surface area contributed by atoms with Crippen molar-refractivity contribution in [3.8, 4) is 0 Å². The fourth-order valence-corrected chi connectivity index (χ4v) is 1.27. The van der Waals surface area contributed by atoms with E-state index in [1.54, 1.807) is 0 Å². The van der Waals surface area contributed by atoms with E-state index < -0.39 is 0 Å². The van der Waals surface area contributed by atoms with Crippen LogP contribution in [-0.4, -0.2) is 12.6 Å². The molecule has 0 aromatic heterocycles. The largest absolute Gasteiger partial charge is 0.330 e. The van der Waals surface area contributed by atoms with Crippen LogP contribution >= 0.6 is 0 Å². The molecule has 0 spiro atoms. The lowest BCUT2D eigenvalue weighted by Gasteiger charge is -2.15. The van der Waals surface area contributed by atoms with Crippen molar-refractivity contribution in [2.45, 2.75) is 39.2 Å². The van der Waals surface area contributed by atoms with Crippen LogP contribution < -0.4 is 11.5 Å². The summed E-state index contributed by atoms with van der Waals surface area (Å²) in [5.41, 5.74) is 11.2. The summed E-state index contributed by atoms with van der Waals surface area (Å²) in [5, 5.41) is 0. The summed E-state index contributed by atoms with van der Waals surface area (Å²) >= 11 is 0. The molecule has 2 heteroatoms. The Balaban J connectivity index is 3.39. The molecule has 0 heterocycles. The lowest BCUT2D eigenvalue weighted by Crippen LogP contribution is -2.24. The molecule has 0 saturated heterocycles. The average molecular weight is 144 g/mol. The van der Waals surface area contributed by atoms with Crippen LogP contribution in [0, 0.1) is 5.92 Å². The number of hydrogen-bond acceptors (Lipinski definition) is 2. The second kappa shape index (κ2) is 5.69. The normalized spacial score (nSPS) is 16.8. The van der Waals surface area contributed by atoms with Crippen molar-refractivity contribution in [1.29, 1.82) is 0 Å². The second-order valence-electron chi connectivity index (χ2n) is 3.10. The molecule has 0 bridgehead atoms. The molecular weight excluding hydrogens is 124 g/mol. The van der Waals surface area contributed by atoms with Crippen LogP contribution in [0.3, 0.4) is 0 Å². The zero-order valence-electron chi connectivity index (χ0n) is 7.14. The Morgan fingerprint density at radius 1 is 1.40 bits per heavy atom. The van der Waals surface area contributed by atoms with Crippen molar-refractivity contribution >= 4 is 0 Å². The van der Waals surface area contributed by atoms with Crippen molar-refractivity contribution in [1.82, 2.24) is 0 Å². The lowest BCUT2D eigenvalue weighted by molar-refractivity contribution is 0.422. The van der Waals surface area contributed by atoms with Gasteiger partial charge in [-0.2, -0.15) is 0 Å². The smallest absolute Gasteiger partial charge is 0.00135 e. The van der Waals surface area contributed by atoms with Gasteiger partial charge in [0.2, 0.25) is 0 Å². The minimum absolute atomic E-state index is 0.306. The highest BCUT2D eigenvalue weighted by atomic mass is 14.6. The molecule has 10 heavy (non-hydrogen) atoms. The maximum atomic E-state index is 5.64. The standard InChI is InChI=1S/C8H20N2/c1-3-4-8(6-9)5-7(2)10/h7-8H,3-6,9-10H2,1-2H3. The molecular formula is C8H20N2. The summed E-state index contributed by atoms with van der Waals surface area (Å²) in [6.45, 7) is 5.01. The highest BCUT2D eigenvalue weighted by Crippen LogP contribution is 2.10. The molecule has 0 rings (SSSR count). The first-order valence-electron chi connectivity index (χ1n) is 4.16. The molecule has 0 saturated carbocycles. The summed E-state index contributed by atoms with van der Waals surface area (Å²) < 4.78 is 0.